The van der Waals surface area contributed by atoms with Crippen LogP contribution >= 0.6 is 11.6 Å². The highest BCUT2D eigenvalue weighted by atomic mass is 35.5. The van der Waals surface area contributed by atoms with Gasteiger partial charge in [0.1, 0.15) is 17.5 Å². The fourth-order valence-corrected chi connectivity index (χ4v) is 4.50. The third kappa shape index (κ3) is 5.58. The molecule has 30 heavy (non-hydrogen) atoms. The summed E-state index contributed by atoms with van der Waals surface area (Å²) in [6.45, 7) is 3.46. The van der Waals surface area contributed by atoms with E-state index in [1.54, 1.807) is 19.2 Å². The van der Waals surface area contributed by atoms with E-state index in [4.69, 9.17) is 21.1 Å². The number of hydrogen-bond donors (Lipinski definition) is 1. The van der Waals surface area contributed by atoms with Crippen molar-refractivity contribution in [3.05, 3.63) is 53.1 Å². The number of nitrogens with one attached hydrogen (secondary N) is 1. The van der Waals surface area contributed by atoms with Gasteiger partial charge in [-0.15, -0.1) is 0 Å². The van der Waals surface area contributed by atoms with Gasteiger partial charge in [-0.1, -0.05) is 30.7 Å². The molecule has 0 bridgehead atoms. The second-order valence-corrected chi connectivity index (χ2v) is 9.09. The molecule has 1 amide bonds. The van der Waals surface area contributed by atoms with Gasteiger partial charge in [0.2, 0.25) is 15.9 Å². The minimum absolute atomic E-state index is 0.202. The maximum atomic E-state index is 13.0. The van der Waals surface area contributed by atoms with Crippen LogP contribution in [0.4, 0.5) is 5.69 Å². The van der Waals surface area contributed by atoms with Crippen molar-refractivity contribution in [1.82, 2.24) is 5.32 Å². The number of amides is 1. The summed E-state index contributed by atoms with van der Waals surface area (Å²) in [7, 11) is -0.802. The Bertz CT molecular complexity index is 979. The number of halogens is 1. The van der Waals surface area contributed by atoms with Crippen molar-refractivity contribution in [1.29, 1.82) is 0 Å². The van der Waals surface area contributed by atoms with Crippen molar-refractivity contribution in [2.75, 3.05) is 24.8 Å². The molecule has 0 aliphatic heterocycles. The Hall–Kier alpha value is -2.45. The van der Waals surface area contributed by atoms with Crippen LogP contribution in [0, 0.1) is 0 Å². The number of rotatable bonds is 9. The molecule has 0 aliphatic carbocycles. The average molecular weight is 455 g/mol. The molecule has 0 fully saturated rings. The minimum atomic E-state index is -3.81. The van der Waals surface area contributed by atoms with E-state index in [1.165, 1.54) is 20.1 Å². The Morgan fingerprint density at radius 3 is 2.27 bits per heavy atom. The molecule has 2 atom stereocenters. The van der Waals surface area contributed by atoms with E-state index in [0.29, 0.717) is 22.9 Å². The number of ether oxygens (including phenoxy) is 2. The topological polar surface area (TPSA) is 84.9 Å². The number of carbonyl (C=O) groups is 1. The predicted octanol–water partition coefficient (Wildman–Crippen LogP) is 3.78. The molecule has 0 unspecified atom stereocenters. The second kappa shape index (κ2) is 10.0. The number of anilines is 1. The van der Waals surface area contributed by atoms with E-state index in [2.05, 4.69) is 5.32 Å². The molecule has 0 spiro atoms. The quantitative estimate of drug-likeness (QED) is 0.623. The largest absolute Gasteiger partial charge is 0.497 e. The zero-order valence-electron chi connectivity index (χ0n) is 17.7. The van der Waals surface area contributed by atoms with E-state index >= 15 is 0 Å². The van der Waals surface area contributed by atoms with Crippen molar-refractivity contribution in [3.63, 3.8) is 0 Å². The molecule has 0 aliphatic rings. The molecule has 0 radical (unpaired) electrons. The first kappa shape index (κ1) is 23.8. The van der Waals surface area contributed by atoms with E-state index < -0.39 is 22.0 Å². The number of benzene rings is 2. The summed E-state index contributed by atoms with van der Waals surface area (Å²) in [4.78, 5) is 13.0. The molecule has 164 valence electrons. The fourth-order valence-electron chi connectivity index (χ4n) is 3.17. The maximum Gasteiger partial charge on any atom is 0.244 e. The van der Waals surface area contributed by atoms with Gasteiger partial charge >= 0.3 is 0 Å². The molecule has 1 N–H and O–H groups in total. The summed E-state index contributed by atoms with van der Waals surface area (Å²) in [6, 6.07) is 10.7. The molecule has 0 saturated carbocycles. The molecule has 9 heteroatoms. The maximum absolute atomic E-state index is 13.0. The third-order valence-corrected chi connectivity index (χ3v) is 6.17. The van der Waals surface area contributed by atoms with E-state index in [1.807, 2.05) is 31.2 Å². The Morgan fingerprint density at radius 2 is 1.77 bits per heavy atom. The molecule has 0 saturated heterocycles. The first-order chi connectivity index (χ1) is 14.1. The van der Waals surface area contributed by atoms with Gasteiger partial charge < -0.3 is 14.8 Å². The van der Waals surface area contributed by atoms with Crippen LogP contribution in [0.5, 0.6) is 11.5 Å². The number of carbonyl (C=O) groups excluding carboxylic acids is 1. The molecule has 0 heterocycles. The summed E-state index contributed by atoms with van der Waals surface area (Å²) < 4.78 is 36.7. The van der Waals surface area contributed by atoms with E-state index in [0.717, 1.165) is 16.1 Å². The smallest absolute Gasteiger partial charge is 0.244 e. The highest BCUT2D eigenvalue weighted by Crippen LogP contribution is 2.34. The summed E-state index contributed by atoms with van der Waals surface area (Å²) in [6.07, 6.45) is 1.67. The van der Waals surface area contributed by atoms with Crippen LogP contribution in [0.25, 0.3) is 0 Å². The van der Waals surface area contributed by atoms with Gasteiger partial charge in [-0.05, 0) is 49.2 Å². The monoisotopic (exact) mass is 454 g/mol. The van der Waals surface area contributed by atoms with E-state index in [9.17, 15) is 13.2 Å². The van der Waals surface area contributed by atoms with Gasteiger partial charge in [0.05, 0.1) is 32.2 Å². The van der Waals surface area contributed by atoms with Gasteiger partial charge in [-0.2, -0.15) is 0 Å². The van der Waals surface area contributed by atoms with Gasteiger partial charge in [0, 0.05) is 5.02 Å². The number of sulfonamides is 1. The number of methoxy groups -OCH3 is 2. The van der Waals surface area contributed by atoms with Gasteiger partial charge in [0.25, 0.3) is 0 Å². The van der Waals surface area contributed by atoms with Crippen LogP contribution in [-0.4, -0.2) is 40.8 Å². The summed E-state index contributed by atoms with van der Waals surface area (Å²) in [5.74, 6) is 0.571. The summed E-state index contributed by atoms with van der Waals surface area (Å²) >= 11 is 6.08. The molecule has 2 aromatic rings. The standard InChI is InChI=1S/C21H27ClN2O5S/c1-6-18(15-7-10-17(28-3)11-8-15)23-21(25)14(2)24(30(5,26)27)19-13-16(22)9-12-20(19)29-4/h7-14,18H,6H2,1-5H3,(H,23,25)/t14-,18-/m0/s1. The zero-order chi connectivity index (χ0) is 22.5. The van der Waals surface area contributed by atoms with Gasteiger partial charge in [-0.3, -0.25) is 9.10 Å². The lowest BCUT2D eigenvalue weighted by Crippen LogP contribution is -2.48. The van der Waals surface area contributed by atoms with Crippen LogP contribution in [0.15, 0.2) is 42.5 Å². The van der Waals surface area contributed by atoms with Crippen LogP contribution in [-0.2, 0) is 14.8 Å². The van der Waals surface area contributed by atoms with Crippen LogP contribution < -0.4 is 19.1 Å². The van der Waals surface area contributed by atoms with Crippen molar-refractivity contribution < 1.29 is 22.7 Å². The first-order valence-electron chi connectivity index (χ1n) is 9.39. The fraction of sp³-hybridized carbons (Fsp3) is 0.381. The minimum Gasteiger partial charge on any atom is -0.497 e. The Kier molecular flexibility index (Phi) is 7.97. The van der Waals surface area contributed by atoms with E-state index in [-0.39, 0.29) is 11.7 Å². The summed E-state index contributed by atoms with van der Waals surface area (Å²) in [5, 5.41) is 3.27. The third-order valence-electron chi connectivity index (χ3n) is 4.71. The molecule has 7 nitrogen and oxygen atoms in total. The first-order valence-corrected chi connectivity index (χ1v) is 11.6. The van der Waals surface area contributed by atoms with Crippen LogP contribution in [0.2, 0.25) is 5.02 Å². The van der Waals surface area contributed by atoms with Crippen LogP contribution in [0.1, 0.15) is 31.9 Å². The zero-order valence-corrected chi connectivity index (χ0v) is 19.3. The normalized spacial score (nSPS) is 13.3. The van der Waals surface area contributed by atoms with Crippen molar-refractivity contribution in [2.24, 2.45) is 0 Å². The van der Waals surface area contributed by atoms with Crippen molar-refractivity contribution >= 4 is 33.2 Å². The average Bonchev–Trinajstić information content (AvgIpc) is 2.71. The second-order valence-electron chi connectivity index (χ2n) is 6.79. The van der Waals surface area contributed by atoms with Crippen LogP contribution in [0.3, 0.4) is 0 Å². The molecule has 2 rings (SSSR count). The molecular formula is C21H27ClN2O5S. The van der Waals surface area contributed by atoms with Gasteiger partial charge in [-0.25, -0.2) is 8.42 Å². The van der Waals surface area contributed by atoms with Gasteiger partial charge in [0.15, 0.2) is 0 Å². The molecular weight excluding hydrogens is 428 g/mol. The number of hydrogen-bond acceptors (Lipinski definition) is 5. The summed E-state index contributed by atoms with van der Waals surface area (Å²) in [5.41, 5.74) is 1.10. The van der Waals surface area contributed by atoms with Crippen molar-refractivity contribution in [3.8, 4) is 11.5 Å². The Morgan fingerprint density at radius 1 is 1.13 bits per heavy atom. The number of nitrogens with zero attached hydrogens (tertiary/aromatic N) is 1. The Balaban J connectivity index is 2.34. The highest BCUT2D eigenvalue weighted by molar-refractivity contribution is 7.92. The lowest BCUT2D eigenvalue weighted by molar-refractivity contribution is -0.122. The SMILES string of the molecule is CC[C@H](NC(=O)[C@H](C)N(c1cc(Cl)ccc1OC)S(C)(=O)=O)c1ccc(OC)cc1. The Labute approximate surface area is 183 Å². The predicted molar refractivity (Wildman–Crippen MR) is 119 cm³/mol. The molecule has 2 aromatic carbocycles. The lowest BCUT2D eigenvalue weighted by atomic mass is 10.0. The highest BCUT2D eigenvalue weighted by Gasteiger charge is 2.32. The molecule has 0 aromatic heterocycles. The van der Waals surface area contributed by atoms with Crippen molar-refractivity contribution in [2.45, 2.75) is 32.4 Å². The lowest BCUT2D eigenvalue weighted by Gasteiger charge is -2.30.